The largest absolute Gasteiger partial charge is 0.505 e. The van der Waals surface area contributed by atoms with Gasteiger partial charge in [-0.1, -0.05) is 47.0 Å². The number of aromatic hydroxyl groups is 1. The third-order valence-corrected chi connectivity index (χ3v) is 4.30. The Hall–Kier alpha value is -2.17. The van der Waals surface area contributed by atoms with Crippen molar-refractivity contribution in [1.82, 2.24) is 4.90 Å². The first-order valence-corrected chi connectivity index (χ1v) is 8.19. The summed E-state index contributed by atoms with van der Waals surface area (Å²) in [4.78, 5) is 14.0. The number of nitrogens with zero attached hydrogens (tertiary/aromatic N) is 1. The van der Waals surface area contributed by atoms with Crippen LogP contribution in [0.1, 0.15) is 29.6 Å². The number of hydrogen-bond donors (Lipinski definition) is 1. The molecule has 0 saturated heterocycles. The van der Waals surface area contributed by atoms with Crippen molar-refractivity contribution in [3.05, 3.63) is 76.0 Å². The molecule has 0 unspecified atom stereocenters. The Morgan fingerprint density at radius 2 is 2.04 bits per heavy atom. The lowest BCUT2D eigenvalue weighted by molar-refractivity contribution is 0.0854. The van der Waals surface area contributed by atoms with E-state index in [0.29, 0.717) is 12.2 Å². The van der Waals surface area contributed by atoms with Gasteiger partial charge in [-0.3, -0.25) is 9.69 Å². The second kappa shape index (κ2) is 7.16. The van der Waals surface area contributed by atoms with Crippen molar-refractivity contribution in [1.29, 1.82) is 0 Å². The first kappa shape index (κ1) is 16.7. The van der Waals surface area contributed by atoms with Crippen molar-refractivity contribution in [3.63, 3.8) is 0 Å². The summed E-state index contributed by atoms with van der Waals surface area (Å²) in [5.41, 5.74) is 1.53. The molecule has 0 aromatic heterocycles. The quantitative estimate of drug-likeness (QED) is 0.807. The third kappa shape index (κ3) is 3.66. The second-order valence-corrected chi connectivity index (χ2v) is 6.28. The van der Waals surface area contributed by atoms with Gasteiger partial charge >= 0.3 is 0 Å². The molecule has 3 rings (SSSR count). The molecule has 124 valence electrons. The summed E-state index contributed by atoms with van der Waals surface area (Å²) in [6.07, 6.45) is 13.5. The van der Waals surface area contributed by atoms with E-state index in [1.54, 1.807) is 6.20 Å². The minimum Gasteiger partial charge on any atom is -0.505 e. The zero-order valence-electron chi connectivity index (χ0n) is 12.7. The number of amides is 1. The molecule has 24 heavy (non-hydrogen) atoms. The van der Waals surface area contributed by atoms with Crippen LogP contribution < -0.4 is 0 Å². The first-order valence-electron chi connectivity index (χ1n) is 7.44. The maximum Gasteiger partial charge on any atom is 0.262 e. The van der Waals surface area contributed by atoms with Crippen LogP contribution in [0.5, 0.6) is 5.75 Å². The zero-order valence-corrected chi connectivity index (χ0v) is 14.2. The van der Waals surface area contributed by atoms with Crippen LogP contribution in [-0.4, -0.2) is 15.9 Å². The molecule has 1 aliphatic carbocycles. The normalized spacial score (nSPS) is 16.5. The van der Waals surface area contributed by atoms with Crippen molar-refractivity contribution >= 4 is 29.1 Å². The van der Waals surface area contributed by atoms with E-state index >= 15 is 0 Å². The molecule has 1 aromatic rings. The van der Waals surface area contributed by atoms with Crippen molar-refractivity contribution in [2.75, 3.05) is 0 Å². The Morgan fingerprint density at radius 1 is 1.29 bits per heavy atom. The van der Waals surface area contributed by atoms with Gasteiger partial charge in [0.25, 0.3) is 5.91 Å². The van der Waals surface area contributed by atoms with E-state index in [-0.39, 0.29) is 27.3 Å². The Morgan fingerprint density at radius 3 is 2.71 bits per heavy atom. The summed E-state index contributed by atoms with van der Waals surface area (Å²) in [7, 11) is 0. The molecule has 0 spiro atoms. The number of hydrogen-bond acceptors (Lipinski definition) is 3. The number of phenolic OH excluding ortho intramolecular Hbond substituents is 1. The summed E-state index contributed by atoms with van der Waals surface area (Å²) in [5.74, 6) is 0.137. The number of carbonyl (C=O) groups is 1. The van der Waals surface area contributed by atoms with E-state index in [2.05, 4.69) is 12.2 Å². The summed E-state index contributed by atoms with van der Waals surface area (Å²) < 4.78 is 5.49. The lowest BCUT2D eigenvalue weighted by atomic mass is 10.0. The van der Waals surface area contributed by atoms with Crippen LogP contribution in [0, 0.1) is 0 Å². The molecule has 0 saturated carbocycles. The number of halogens is 2. The van der Waals surface area contributed by atoms with Crippen molar-refractivity contribution in [2.24, 2.45) is 0 Å². The molecule has 2 aliphatic rings. The van der Waals surface area contributed by atoms with Crippen LogP contribution in [0.3, 0.4) is 0 Å². The van der Waals surface area contributed by atoms with Gasteiger partial charge in [0.05, 0.1) is 16.2 Å². The van der Waals surface area contributed by atoms with Gasteiger partial charge in [0, 0.05) is 18.2 Å². The molecule has 1 N–H and O–H groups in total. The molecule has 6 heteroatoms. The standard InChI is InChI=1S/C18H15Cl2NO3/c19-15-9-13(10-16(20)17(15)22)18(23)21-6-7-24-14(11-21)8-12-4-2-1-3-5-12/h1-2,4,6-7,9-11,22H,3,5,8H2. The molecular weight excluding hydrogens is 349 g/mol. The van der Waals surface area contributed by atoms with Crippen LogP contribution in [-0.2, 0) is 4.74 Å². The predicted octanol–water partition coefficient (Wildman–Crippen LogP) is 5.15. The Bertz CT molecular complexity index is 770. The molecule has 0 atom stereocenters. The summed E-state index contributed by atoms with van der Waals surface area (Å²) in [6.45, 7) is 0. The number of allylic oxidation sites excluding steroid dienone is 4. The SMILES string of the molecule is O=C(c1cc(Cl)c(O)c(Cl)c1)N1C=COC(CC2=CC=CCC2)=C1. The Balaban J connectivity index is 1.79. The average molecular weight is 364 g/mol. The first-order chi connectivity index (χ1) is 11.5. The van der Waals surface area contributed by atoms with E-state index in [0.717, 1.165) is 12.8 Å². The third-order valence-electron chi connectivity index (χ3n) is 3.72. The summed E-state index contributed by atoms with van der Waals surface area (Å²) >= 11 is 11.8. The Labute approximate surface area is 149 Å². The molecule has 1 amide bonds. The Kier molecular flexibility index (Phi) is 4.97. The maximum absolute atomic E-state index is 12.6. The fraction of sp³-hybridized carbons (Fsp3) is 0.167. The van der Waals surface area contributed by atoms with Gasteiger partial charge < -0.3 is 9.84 Å². The number of benzene rings is 1. The van der Waals surface area contributed by atoms with Crippen molar-refractivity contribution in [3.8, 4) is 5.75 Å². The molecule has 0 radical (unpaired) electrons. The van der Waals surface area contributed by atoms with Gasteiger partial charge in [-0.05, 0) is 25.0 Å². The summed E-state index contributed by atoms with van der Waals surface area (Å²) in [6, 6.07) is 2.77. The van der Waals surface area contributed by atoms with E-state index < -0.39 is 0 Å². The fourth-order valence-electron chi connectivity index (χ4n) is 2.49. The average Bonchev–Trinajstić information content (AvgIpc) is 2.59. The van der Waals surface area contributed by atoms with E-state index in [9.17, 15) is 9.90 Å². The molecule has 1 heterocycles. The molecule has 0 fully saturated rings. The predicted molar refractivity (Wildman–Crippen MR) is 93.7 cm³/mol. The number of rotatable bonds is 3. The number of ether oxygens (including phenoxy) is 1. The lowest BCUT2D eigenvalue weighted by Crippen LogP contribution is -2.23. The van der Waals surface area contributed by atoms with E-state index in [1.165, 1.54) is 35.1 Å². The highest BCUT2D eigenvalue weighted by Gasteiger charge is 2.19. The topological polar surface area (TPSA) is 49.8 Å². The summed E-state index contributed by atoms with van der Waals surface area (Å²) in [5, 5.41) is 9.67. The monoisotopic (exact) mass is 363 g/mol. The van der Waals surface area contributed by atoms with Crippen LogP contribution in [0.4, 0.5) is 0 Å². The molecule has 4 nitrogen and oxygen atoms in total. The maximum atomic E-state index is 12.6. The van der Waals surface area contributed by atoms with Crippen LogP contribution in [0.25, 0.3) is 0 Å². The molecule has 1 aliphatic heterocycles. The fourth-order valence-corrected chi connectivity index (χ4v) is 2.97. The highest BCUT2D eigenvalue weighted by molar-refractivity contribution is 6.37. The van der Waals surface area contributed by atoms with Gasteiger partial charge in [-0.2, -0.15) is 0 Å². The zero-order chi connectivity index (χ0) is 17.1. The minimum absolute atomic E-state index is 0.0337. The van der Waals surface area contributed by atoms with E-state index in [1.807, 2.05) is 6.08 Å². The minimum atomic E-state index is -0.312. The van der Waals surface area contributed by atoms with Gasteiger partial charge in [0.1, 0.15) is 12.0 Å². The number of phenols is 1. The van der Waals surface area contributed by atoms with Gasteiger partial charge in [-0.25, -0.2) is 0 Å². The van der Waals surface area contributed by atoms with Crippen molar-refractivity contribution < 1.29 is 14.6 Å². The smallest absolute Gasteiger partial charge is 0.262 e. The lowest BCUT2D eigenvalue weighted by Gasteiger charge is -2.21. The van der Waals surface area contributed by atoms with E-state index in [4.69, 9.17) is 27.9 Å². The van der Waals surface area contributed by atoms with Gasteiger partial charge in [-0.15, -0.1) is 0 Å². The second-order valence-electron chi connectivity index (χ2n) is 5.47. The molecule has 0 bridgehead atoms. The highest BCUT2D eigenvalue weighted by atomic mass is 35.5. The van der Waals surface area contributed by atoms with Crippen molar-refractivity contribution in [2.45, 2.75) is 19.3 Å². The molecular formula is C18H15Cl2NO3. The highest BCUT2D eigenvalue weighted by Crippen LogP contribution is 2.33. The van der Waals surface area contributed by atoms with Crippen LogP contribution >= 0.6 is 23.2 Å². The van der Waals surface area contributed by atoms with Gasteiger partial charge in [0.15, 0.2) is 5.75 Å². The number of carbonyl (C=O) groups excluding carboxylic acids is 1. The van der Waals surface area contributed by atoms with Crippen LogP contribution in [0.15, 0.2) is 60.4 Å². The van der Waals surface area contributed by atoms with Crippen LogP contribution in [0.2, 0.25) is 10.0 Å². The molecule has 1 aromatic carbocycles. The van der Waals surface area contributed by atoms with Gasteiger partial charge in [0.2, 0.25) is 0 Å².